The van der Waals surface area contributed by atoms with Gasteiger partial charge in [-0.05, 0) is 19.8 Å². The lowest BCUT2D eigenvalue weighted by molar-refractivity contribution is -0.135. The van der Waals surface area contributed by atoms with Crippen molar-refractivity contribution >= 4 is 5.91 Å². The van der Waals surface area contributed by atoms with E-state index in [1.165, 1.54) is 0 Å². The average Bonchev–Trinajstić information content (AvgIpc) is 2.05. The quantitative estimate of drug-likeness (QED) is 0.620. The van der Waals surface area contributed by atoms with Gasteiger partial charge in [0.05, 0.1) is 12.5 Å². The topological polar surface area (TPSA) is 44.1 Å². The van der Waals surface area contributed by atoms with Gasteiger partial charge in [-0.25, -0.2) is 0 Å². The van der Waals surface area contributed by atoms with Crippen molar-refractivity contribution in [1.29, 1.82) is 5.26 Å². The predicted molar refractivity (Wildman–Crippen MR) is 45.3 cm³/mol. The summed E-state index contributed by atoms with van der Waals surface area (Å²) in [5, 5.41) is 8.47. The van der Waals surface area contributed by atoms with E-state index in [1.54, 1.807) is 0 Å². The van der Waals surface area contributed by atoms with E-state index in [9.17, 15) is 4.79 Å². The zero-order valence-electron chi connectivity index (χ0n) is 7.42. The van der Waals surface area contributed by atoms with Crippen molar-refractivity contribution in [2.24, 2.45) is 0 Å². The van der Waals surface area contributed by atoms with Crippen LogP contribution >= 0.6 is 0 Å². The van der Waals surface area contributed by atoms with Crippen LogP contribution < -0.4 is 0 Å². The minimum Gasteiger partial charge on any atom is -0.339 e. The van der Waals surface area contributed by atoms with Gasteiger partial charge in [0.25, 0.3) is 0 Å². The molecule has 0 aliphatic carbocycles. The maximum absolute atomic E-state index is 11.3. The molecule has 1 rings (SSSR count). The molecule has 1 amide bonds. The molecule has 1 saturated heterocycles. The van der Waals surface area contributed by atoms with Crippen LogP contribution in [0.25, 0.3) is 0 Å². The van der Waals surface area contributed by atoms with Crippen molar-refractivity contribution in [2.45, 2.75) is 38.6 Å². The molecule has 0 N–H and O–H groups in total. The largest absolute Gasteiger partial charge is 0.339 e. The molecule has 1 fully saturated rings. The Morgan fingerprint density at radius 2 is 2.42 bits per heavy atom. The van der Waals surface area contributed by atoms with E-state index in [4.69, 9.17) is 5.26 Å². The van der Waals surface area contributed by atoms with Crippen molar-refractivity contribution in [2.75, 3.05) is 6.54 Å². The molecule has 0 saturated carbocycles. The van der Waals surface area contributed by atoms with Gasteiger partial charge in [0.2, 0.25) is 5.91 Å². The molecule has 0 aromatic rings. The molecule has 1 aliphatic rings. The van der Waals surface area contributed by atoms with Gasteiger partial charge in [-0.2, -0.15) is 5.26 Å². The highest BCUT2D eigenvalue weighted by Crippen LogP contribution is 2.14. The average molecular weight is 166 g/mol. The summed E-state index contributed by atoms with van der Waals surface area (Å²) in [6.45, 7) is 2.77. The van der Waals surface area contributed by atoms with Crippen LogP contribution in [0.2, 0.25) is 0 Å². The van der Waals surface area contributed by atoms with E-state index in [-0.39, 0.29) is 11.9 Å². The number of hydrogen-bond acceptors (Lipinski definition) is 2. The van der Waals surface area contributed by atoms with E-state index in [1.807, 2.05) is 11.8 Å². The molecule has 1 unspecified atom stereocenters. The zero-order chi connectivity index (χ0) is 8.97. The number of piperidine rings is 1. The van der Waals surface area contributed by atoms with E-state index in [0.717, 1.165) is 19.4 Å². The normalized spacial score (nSPS) is 20.3. The number of nitriles is 1. The van der Waals surface area contributed by atoms with E-state index < -0.39 is 0 Å². The highest BCUT2D eigenvalue weighted by Gasteiger charge is 2.22. The maximum Gasteiger partial charge on any atom is 0.222 e. The Morgan fingerprint density at radius 3 is 3.00 bits per heavy atom. The Labute approximate surface area is 73.0 Å². The van der Waals surface area contributed by atoms with Crippen LogP contribution in [0.3, 0.4) is 0 Å². The molecular formula is C9H14N2O. The van der Waals surface area contributed by atoms with Crippen molar-refractivity contribution in [3.05, 3.63) is 0 Å². The third-order valence-electron chi connectivity index (χ3n) is 2.28. The fourth-order valence-electron chi connectivity index (χ4n) is 1.54. The van der Waals surface area contributed by atoms with Crippen LogP contribution in [0, 0.1) is 11.3 Å². The number of likely N-dealkylation sites (tertiary alicyclic amines) is 1. The third-order valence-corrected chi connectivity index (χ3v) is 2.28. The Kier molecular flexibility index (Phi) is 3.09. The fourth-order valence-corrected chi connectivity index (χ4v) is 1.54. The molecule has 1 heterocycles. The Morgan fingerprint density at radius 1 is 1.67 bits per heavy atom. The van der Waals surface area contributed by atoms with Crippen LogP contribution in [-0.2, 0) is 4.79 Å². The minimum atomic E-state index is 0.0998. The summed E-state index contributed by atoms with van der Waals surface area (Å²) in [4.78, 5) is 13.2. The number of carbonyl (C=O) groups excluding carboxylic acids is 1. The summed E-state index contributed by atoms with van der Waals surface area (Å²) in [7, 11) is 0. The van der Waals surface area contributed by atoms with E-state index in [2.05, 4.69) is 6.07 Å². The first-order chi connectivity index (χ1) is 5.75. The first-order valence-electron chi connectivity index (χ1n) is 4.42. The molecule has 3 nitrogen and oxygen atoms in total. The Bertz CT molecular complexity index is 207. The summed E-state index contributed by atoms with van der Waals surface area (Å²) in [5.74, 6) is 0.212. The lowest BCUT2D eigenvalue weighted by Crippen LogP contribution is -2.41. The van der Waals surface area contributed by atoms with Gasteiger partial charge in [-0.15, -0.1) is 0 Å². The number of amides is 1. The van der Waals surface area contributed by atoms with Crippen molar-refractivity contribution in [3.63, 3.8) is 0 Å². The van der Waals surface area contributed by atoms with Gasteiger partial charge in [-0.1, -0.05) is 0 Å². The summed E-state index contributed by atoms with van der Waals surface area (Å²) in [6.07, 6.45) is 3.21. The van der Waals surface area contributed by atoms with Gasteiger partial charge in [-0.3, -0.25) is 4.79 Å². The van der Waals surface area contributed by atoms with Crippen molar-refractivity contribution < 1.29 is 4.79 Å². The van der Waals surface area contributed by atoms with E-state index in [0.29, 0.717) is 12.8 Å². The molecule has 1 aliphatic heterocycles. The second-order valence-corrected chi connectivity index (χ2v) is 3.26. The standard InChI is InChI=1S/C9H14N2O/c1-8(5-6-10)11-7-3-2-4-9(11)12/h8H,2-5,7H2,1H3. The molecule has 0 bridgehead atoms. The van der Waals surface area contributed by atoms with Gasteiger partial charge in [0.15, 0.2) is 0 Å². The number of hydrogen-bond donors (Lipinski definition) is 0. The smallest absolute Gasteiger partial charge is 0.222 e. The van der Waals surface area contributed by atoms with Crippen LogP contribution in [0.5, 0.6) is 0 Å². The molecule has 3 heteroatoms. The van der Waals surface area contributed by atoms with Crippen molar-refractivity contribution in [1.82, 2.24) is 4.90 Å². The molecular weight excluding hydrogens is 152 g/mol. The highest BCUT2D eigenvalue weighted by molar-refractivity contribution is 5.77. The second kappa shape index (κ2) is 4.10. The summed E-state index contributed by atoms with van der Waals surface area (Å²) < 4.78 is 0. The maximum atomic E-state index is 11.3. The van der Waals surface area contributed by atoms with Gasteiger partial charge in [0.1, 0.15) is 0 Å². The predicted octanol–water partition coefficient (Wildman–Crippen LogP) is 1.30. The van der Waals surface area contributed by atoms with Crippen molar-refractivity contribution in [3.8, 4) is 6.07 Å². The number of nitrogens with zero attached hydrogens (tertiary/aromatic N) is 2. The summed E-state index contributed by atoms with van der Waals surface area (Å²) in [6, 6.07) is 2.19. The summed E-state index contributed by atoms with van der Waals surface area (Å²) >= 11 is 0. The highest BCUT2D eigenvalue weighted by atomic mass is 16.2. The number of carbonyl (C=O) groups is 1. The number of rotatable bonds is 2. The van der Waals surface area contributed by atoms with Crippen LogP contribution in [0.4, 0.5) is 0 Å². The van der Waals surface area contributed by atoms with Crippen LogP contribution in [0.1, 0.15) is 32.6 Å². The van der Waals surface area contributed by atoms with Gasteiger partial charge >= 0.3 is 0 Å². The van der Waals surface area contributed by atoms with Crippen LogP contribution in [-0.4, -0.2) is 23.4 Å². The second-order valence-electron chi connectivity index (χ2n) is 3.26. The Hall–Kier alpha value is -1.04. The monoisotopic (exact) mass is 166 g/mol. The fraction of sp³-hybridized carbons (Fsp3) is 0.778. The Balaban J connectivity index is 2.48. The zero-order valence-corrected chi connectivity index (χ0v) is 7.42. The molecule has 0 aromatic heterocycles. The molecule has 1 atom stereocenters. The molecule has 12 heavy (non-hydrogen) atoms. The van der Waals surface area contributed by atoms with Gasteiger partial charge in [0, 0.05) is 19.0 Å². The molecule has 0 radical (unpaired) electrons. The first kappa shape index (κ1) is 9.05. The lowest BCUT2D eigenvalue weighted by Gasteiger charge is -2.31. The first-order valence-corrected chi connectivity index (χ1v) is 4.42. The molecule has 66 valence electrons. The molecule has 0 aromatic carbocycles. The molecule has 0 spiro atoms. The lowest BCUT2D eigenvalue weighted by atomic mass is 10.1. The summed E-state index contributed by atoms with van der Waals surface area (Å²) in [5.41, 5.74) is 0. The van der Waals surface area contributed by atoms with Gasteiger partial charge < -0.3 is 4.90 Å². The van der Waals surface area contributed by atoms with Crippen LogP contribution in [0.15, 0.2) is 0 Å². The SMILES string of the molecule is CC(CC#N)N1CCCCC1=O. The minimum absolute atomic E-state index is 0.0998. The third kappa shape index (κ3) is 1.97. The van der Waals surface area contributed by atoms with E-state index >= 15 is 0 Å².